The van der Waals surface area contributed by atoms with Crippen LogP contribution in [0.3, 0.4) is 0 Å². The number of amides is 1. The lowest BCUT2D eigenvalue weighted by molar-refractivity contribution is -0.930. The lowest BCUT2D eigenvalue weighted by Crippen LogP contribution is -3.18. The van der Waals surface area contributed by atoms with Crippen molar-refractivity contribution in [1.29, 1.82) is 0 Å². The molecule has 178 valence electrons. The summed E-state index contributed by atoms with van der Waals surface area (Å²) in [5, 5.41) is 3.24. The van der Waals surface area contributed by atoms with Gasteiger partial charge in [0.15, 0.2) is 0 Å². The first kappa shape index (κ1) is 24.4. The molecule has 0 unspecified atom stereocenters. The molecule has 33 heavy (non-hydrogen) atoms. The van der Waals surface area contributed by atoms with E-state index in [9.17, 15) is 17.6 Å². The van der Waals surface area contributed by atoms with Gasteiger partial charge < -0.3 is 10.2 Å². The number of anilines is 1. The van der Waals surface area contributed by atoms with E-state index in [1.54, 1.807) is 6.07 Å². The predicted octanol–water partition coefficient (Wildman–Crippen LogP) is 3.61. The number of sulfonamides is 1. The molecule has 1 saturated carbocycles. The first-order valence-electron chi connectivity index (χ1n) is 11.2. The van der Waals surface area contributed by atoms with E-state index in [0.717, 1.165) is 12.1 Å². The fourth-order valence-corrected chi connectivity index (χ4v) is 6.52. The van der Waals surface area contributed by atoms with Crippen molar-refractivity contribution >= 4 is 44.8 Å². The Labute approximate surface area is 203 Å². The van der Waals surface area contributed by atoms with Crippen LogP contribution in [0.1, 0.15) is 42.5 Å². The summed E-state index contributed by atoms with van der Waals surface area (Å²) in [5.41, 5.74) is 0.428. The first-order chi connectivity index (χ1) is 15.8. The van der Waals surface area contributed by atoms with E-state index >= 15 is 0 Å². The third-order valence-electron chi connectivity index (χ3n) is 6.54. The van der Waals surface area contributed by atoms with Crippen LogP contribution in [-0.2, 0) is 10.0 Å². The molecule has 2 fully saturated rings. The van der Waals surface area contributed by atoms with Crippen molar-refractivity contribution in [3.8, 4) is 0 Å². The van der Waals surface area contributed by atoms with Crippen LogP contribution in [0.5, 0.6) is 0 Å². The predicted molar refractivity (Wildman–Crippen MR) is 127 cm³/mol. The minimum absolute atomic E-state index is 0.0347. The van der Waals surface area contributed by atoms with Gasteiger partial charge in [0.25, 0.3) is 5.91 Å². The molecule has 6 nitrogen and oxygen atoms in total. The van der Waals surface area contributed by atoms with Crippen molar-refractivity contribution in [1.82, 2.24) is 4.31 Å². The van der Waals surface area contributed by atoms with E-state index in [1.807, 2.05) is 0 Å². The highest BCUT2D eigenvalue weighted by molar-refractivity contribution is 7.89. The lowest BCUT2D eigenvalue weighted by atomic mass is 9.94. The molecule has 1 saturated heterocycles. The fraction of sp³-hybridized carbons (Fsp3) is 0.435. The largest absolute Gasteiger partial charge is 0.330 e. The summed E-state index contributed by atoms with van der Waals surface area (Å²) in [6.45, 7) is 2.10. The van der Waals surface area contributed by atoms with Crippen molar-refractivity contribution < 1.29 is 22.5 Å². The topological polar surface area (TPSA) is 70.9 Å². The SMILES string of the molecule is O=C(Nc1ccc(Cl)c(Cl)c1)c1ccc(F)c(S(=O)(=O)N2CC[NH+](C3CCCCC3)CC2)c1. The maximum absolute atomic E-state index is 14.6. The number of piperazine rings is 1. The number of nitrogens with one attached hydrogen (secondary N) is 2. The monoisotopic (exact) mass is 514 g/mol. The number of benzene rings is 2. The molecule has 0 bridgehead atoms. The number of hydrogen-bond donors (Lipinski definition) is 2. The second kappa shape index (κ2) is 10.3. The number of nitrogens with zero attached hydrogens (tertiary/aromatic N) is 1. The van der Waals surface area contributed by atoms with Crippen LogP contribution in [0.4, 0.5) is 10.1 Å². The molecule has 2 aromatic rings. The van der Waals surface area contributed by atoms with Crippen LogP contribution in [0.15, 0.2) is 41.3 Å². The molecular formula is C23H27Cl2FN3O3S+. The highest BCUT2D eigenvalue weighted by Gasteiger charge is 2.35. The van der Waals surface area contributed by atoms with Gasteiger partial charge in [-0.25, -0.2) is 12.8 Å². The summed E-state index contributed by atoms with van der Waals surface area (Å²) in [6.07, 6.45) is 6.12. The zero-order valence-electron chi connectivity index (χ0n) is 18.1. The number of hydrogen-bond acceptors (Lipinski definition) is 3. The van der Waals surface area contributed by atoms with E-state index in [2.05, 4.69) is 5.32 Å². The highest BCUT2D eigenvalue weighted by atomic mass is 35.5. The third kappa shape index (κ3) is 5.52. The van der Waals surface area contributed by atoms with Gasteiger partial charge in [0.2, 0.25) is 10.0 Å². The summed E-state index contributed by atoms with van der Waals surface area (Å²) in [7, 11) is -4.06. The molecule has 0 spiro atoms. The lowest BCUT2D eigenvalue weighted by Gasteiger charge is -2.37. The Balaban J connectivity index is 1.48. The van der Waals surface area contributed by atoms with Gasteiger partial charge in [-0.3, -0.25) is 4.79 Å². The molecule has 0 atom stereocenters. The molecule has 0 radical (unpaired) electrons. The second-order valence-electron chi connectivity index (χ2n) is 8.63. The van der Waals surface area contributed by atoms with Crippen LogP contribution in [0.2, 0.25) is 10.0 Å². The molecule has 2 aliphatic rings. The fourth-order valence-electron chi connectivity index (χ4n) is 4.69. The quantitative estimate of drug-likeness (QED) is 0.640. The van der Waals surface area contributed by atoms with Crippen LogP contribution < -0.4 is 10.2 Å². The molecule has 1 heterocycles. The summed E-state index contributed by atoms with van der Waals surface area (Å²) in [6, 6.07) is 8.55. The van der Waals surface area contributed by atoms with Gasteiger partial charge in [-0.2, -0.15) is 4.31 Å². The van der Waals surface area contributed by atoms with Crippen molar-refractivity contribution in [3.63, 3.8) is 0 Å². The Kier molecular flexibility index (Phi) is 7.60. The highest BCUT2D eigenvalue weighted by Crippen LogP contribution is 2.26. The van der Waals surface area contributed by atoms with Gasteiger partial charge in [0.05, 0.1) is 42.3 Å². The molecule has 10 heteroatoms. The second-order valence-corrected chi connectivity index (χ2v) is 11.3. The van der Waals surface area contributed by atoms with Gasteiger partial charge in [0.1, 0.15) is 10.7 Å². The van der Waals surface area contributed by atoms with Gasteiger partial charge >= 0.3 is 0 Å². The molecule has 4 rings (SSSR count). The van der Waals surface area contributed by atoms with Gasteiger partial charge in [0, 0.05) is 11.3 Å². The summed E-state index contributed by atoms with van der Waals surface area (Å²) < 4.78 is 42.4. The van der Waals surface area contributed by atoms with Crippen molar-refractivity contribution in [2.75, 3.05) is 31.5 Å². The average molecular weight is 515 g/mol. The van der Waals surface area contributed by atoms with Gasteiger partial charge in [-0.05, 0) is 62.1 Å². The van der Waals surface area contributed by atoms with Crippen LogP contribution in [0.25, 0.3) is 0 Å². The molecule has 2 aromatic carbocycles. The zero-order valence-corrected chi connectivity index (χ0v) is 20.4. The normalized spacial score (nSPS) is 18.9. The summed E-state index contributed by atoms with van der Waals surface area (Å²) >= 11 is 11.9. The van der Waals surface area contributed by atoms with Gasteiger partial charge in [-0.15, -0.1) is 0 Å². The van der Waals surface area contributed by atoms with E-state index in [-0.39, 0.29) is 10.6 Å². The third-order valence-corrected chi connectivity index (χ3v) is 9.19. The minimum atomic E-state index is -4.06. The molecule has 0 aromatic heterocycles. The maximum atomic E-state index is 14.6. The van der Waals surface area contributed by atoms with E-state index in [0.29, 0.717) is 42.9 Å². The smallest absolute Gasteiger partial charge is 0.255 e. The molecule has 1 aliphatic heterocycles. The Morgan fingerprint density at radius 2 is 1.70 bits per heavy atom. The van der Waals surface area contributed by atoms with E-state index in [4.69, 9.17) is 23.2 Å². The van der Waals surface area contributed by atoms with Gasteiger partial charge in [-0.1, -0.05) is 29.6 Å². The maximum Gasteiger partial charge on any atom is 0.255 e. The van der Waals surface area contributed by atoms with Crippen molar-refractivity contribution in [2.24, 2.45) is 0 Å². The van der Waals surface area contributed by atoms with Crippen molar-refractivity contribution in [2.45, 2.75) is 43.0 Å². The number of quaternary nitrogens is 1. The zero-order chi connectivity index (χ0) is 23.6. The Morgan fingerprint density at radius 3 is 2.36 bits per heavy atom. The van der Waals surface area contributed by atoms with Crippen molar-refractivity contribution in [3.05, 3.63) is 57.8 Å². The Bertz CT molecular complexity index is 1130. The van der Waals surface area contributed by atoms with Crippen LogP contribution in [0, 0.1) is 5.82 Å². The van der Waals surface area contributed by atoms with Crippen LogP contribution >= 0.6 is 23.2 Å². The Hall–Kier alpha value is -1.71. The average Bonchev–Trinajstić information content (AvgIpc) is 2.82. The number of carbonyl (C=O) groups excluding carboxylic acids is 1. The molecule has 1 aliphatic carbocycles. The summed E-state index contributed by atoms with van der Waals surface area (Å²) in [4.78, 5) is 13.6. The molecule has 2 N–H and O–H groups in total. The standard InChI is InChI=1S/C23H26Cl2FN3O3S/c24-19-8-7-17(15-20(19)25)27-23(30)16-6-9-21(26)22(14-16)33(31,32)29-12-10-28(11-13-29)18-4-2-1-3-5-18/h6-9,14-15,18H,1-5,10-13H2,(H,27,30)/p+1. The number of carbonyl (C=O) groups is 1. The van der Waals surface area contributed by atoms with E-state index < -0.39 is 26.6 Å². The summed E-state index contributed by atoms with van der Waals surface area (Å²) in [5.74, 6) is -1.44. The minimum Gasteiger partial charge on any atom is -0.330 e. The number of rotatable bonds is 5. The van der Waals surface area contributed by atoms with E-state index in [1.165, 1.54) is 59.5 Å². The Morgan fingerprint density at radius 1 is 1.00 bits per heavy atom. The number of halogens is 3. The first-order valence-corrected chi connectivity index (χ1v) is 13.4. The molecule has 1 amide bonds. The van der Waals surface area contributed by atoms with Crippen LogP contribution in [-0.4, -0.2) is 50.9 Å². The molecular weight excluding hydrogens is 488 g/mol.